The van der Waals surface area contributed by atoms with Crippen molar-refractivity contribution in [3.8, 4) is 16.9 Å². The second kappa shape index (κ2) is 15.3. The number of benzene rings is 2. The molecule has 0 amide bonds. The largest absolute Gasteiger partial charge is 0.494 e. The van der Waals surface area contributed by atoms with Gasteiger partial charge in [-0.05, 0) is 61.3 Å². The highest BCUT2D eigenvalue weighted by Crippen LogP contribution is 2.43. The molecule has 0 saturated heterocycles. The second-order valence-electron chi connectivity index (χ2n) is 11.1. The first-order chi connectivity index (χ1) is 18.8. The fraction of sp³-hybridized carbons (Fsp3) is 0.606. The Kier molecular flexibility index (Phi) is 12.2. The van der Waals surface area contributed by atoms with Gasteiger partial charge in [0.05, 0.1) is 6.61 Å². The molecule has 0 radical (unpaired) electrons. The van der Waals surface area contributed by atoms with E-state index in [0.717, 1.165) is 32.1 Å². The minimum atomic E-state index is -2.45. The van der Waals surface area contributed by atoms with Gasteiger partial charge >= 0.3 is 5.97 Å². The first-order valence-electron chi connectivity index (χ1n) is 14.9. The molecule has 1 aliphatic carbocycles. The zero-order valence-electron chi connectivity index (χ0n) is 23.6. The van der Waals surface area contributed by atoms with E-state index in [9.17, 15) is 9.90 Å². The summed E-state index contributed by atoms with van der Waals surface area (Å²) in [5, 5.41) is 9.78. The number of aliphatic carboxylic acids is 1. The molecule has 6 heteroatoms. The van der Waals surface area contributed by atoms with Crippen molar-refractivity contribution < 1.29 is 27.8 Å². The first kappa shape index (κ1) is 31.0. The van der Waals surface area contributed by atoms with Crippen LogP contribution in [0.4, 0.5) is 13.2 Å². The molecule has 216 valence electrons. The van der Waals surface area contributed by atoms with Gasteiger partial charge in [0.25, 0.3) is 0 Å². The molecule has 2 atom stereocenters. The highest BCUT2D eigenvalue weighted by atomic mass is 19.2. The van der Waals surface area contributed by atoms with Crippen molar-refractivity contribution in [2.75, 3.05) is 6.61 Å². The Balaban J connectivity index is 1.65. The molecule has 0 aromatic heterocycles. The van der Waals surface area contributed by atoms with Crippen molar-refractivity contribution in [2.24, 2.45) is 5.92 Å². The van der Waals surface area contributed by atoms with Crippen molar-refractivity contribution >= 4 is 5.97 Å². The molecule has 3 rings (SSSR count). The Hall–Kier alpha value is -2.50. The number of hydrogen-bond donors (Lipinski definition) is 1. The van der Waals surface area contributed by atoms with Crippen LogP contribution in [0.15, 0.2) is 36.4 Å². The third-order valence-corrected chi connectivity index (χ3v) is 8.38. The lowest BCUT2D eigenvalue weighted by Gasteiger charge is -2.35. The summed E-state index contributed by atoms with van der Waals surface area (Å²) in [6, 6.07) is 9.91. The molecule has 39 heavy (non-hydrogen) atoms. The monoisotopic (exact) mass is 546 g/mol. The summed E-state index contributed by atoms with van der Waals surface area (Å²) in [7, 11) is 0. The fourth-order valence-electron chi connectivity index (χ4n) is 5.90. The molecule has 0 heterocycles. The number of ether oxygens (including phenoxy) is 1. The molecular formula is C33H45F3O3. The number of carboxylic acid groups (broad SMARTS) is 1. The Bertz CT molecular complexity index is 1030. The first-order valence-corrected chi connectivity index (χ1v) is 14.9. The predicted octanol–water partition coefficient (Wildman–Crippen LogP) is 10.0. The van der Waals surface area contributed by atoms with Crippen LogP contribution >= 0.6 is 0 Å². The number of carbonyl (C=O) groups is 1. The van der Waals surface area contributed by atoms with Crippen LogP contribution in [0.1, 0.15) is 115 Å². The highest BCUT2D eigenvalue weighted by Gasteiger charge is 2.48. The van der Waals surface area contributed by atoms with E-state index >= 15 is 13.2 Å². The average molecular weight is 547 g/mol. The molecule has 1 N–H and O–H groups in total. The van der Waals surface area contributed by atoms with E-state index in [-0.39, 0.29) is 17.5 Å². The van der Waals surface area contributed by atoms with Crippen LogP contribution in [-0.4, -0.2) is 23.4 Å². The summed E-state index contributed by atoms with van der Waals surface area (Å²) in [6.07, 6.45) is 11.9. The SMILES string of the molecule is CCCCCCCCCOc1ccc(-c2ccc(C(CC)C[C@@](F)(C(=O)O)C3CCCCC3)c(F)c2F)cc1. The molecule has 2 aromatic carbocycles. The summed E-state index contributed by atoms with van der Waals surface area (Å²) in [5.41, 5.74) is -1.79. The van der Waals surface area contributed by atoms with E-state index in [2.05, 4.69) is 6.92 Å². The minimum Gasteiger partial charge on any atom is -0.494 e. The average Bonchev–Trinajstić information content (AvgIpc) is 2.95. The maximum absolute atomic E-state index is 15.9. The number of carboxylic acids is 1. The molecule has 1 aliphatic rings. The van der Waals surface area contributed by atoms with E-state index in [4.69, 9.17) is 4.74 Å². The van der Waals surface area contributed by atoms with Crippen LogP contribution in [0.5, 0.6) is 5.75 Å². The van der Waals surface area contributed by atoms with Crippen molar-refractivity contribution in [3.05, 3.63) is 53.6 Å². The van der Waals surface area contributed by atoms with Gasteiger partial charge in [-0.25, -0.2) is 18.0 Å². The van der Waals surface area contributed by atoms with E-state index in [1.807, 2.05) is 0 Å². The number of hydrogen-bond acceptors (Lipinski definition) is 2. The topological polar surface area (TPSA) is 46.5 Å². The van der Waals surface area contributed by atoms with Gasteiger partial charge in [-0.15, -0.1) is 0 Å². The Morgan fingerprint density at radius 3 is 2.18 bits per heavy atom. The van der Waals surface area contributed by atoms with E-state index in [0.29, 0.717) is 37.2 Å². The van der Waals surface area contributed by atoms with E-state index < -0.39 is 35.1 Å². The Morgan fingerprint density at radius 1 is 0.923 bits per heavy atom. The second-order valence-corrected chi connectivity index (χ2v) is 11.1. The Labute approximate surface area is 232 Å². The molecular weight excluding hydrogens is 501 g/mol. The lowest BCUT2D eigenvalue weighted by atomic mass is 9.72. The van der Waals surface area contributed by atoms with E-state index in [1.54, 1.807) is 31.2 Å². The maximum atomic E-state index is 15.9. The van der Waals surface area contributed by atoms with Crippen LogP contribution in [0.3, 0.4) is 0 Å². The third kappa shape index (κ3) is 8.25. The summed E-state index contributed by atoms with van der Waals surface area (Å²) in [4.78, 5) is 12.0. The summed E-state index contributed by atoms with van der Waals surface area (Å²) < 4.78 is 52.3. The van der Waals surface area contributed by atoms with Gasteiger partial charge in [0.1, 0.15) is 5.75 Å². The summed E-state index contributed by atoms with van der Waals surface area (Å²) in [5.74, 6) is -4.19. The normalized spacial score (nSPS) is 16.5. The molecule has 0 spiro atoms. The summed E-state index contributed by atoms with van der Waals surface area (Å²) in [6.45, 7) is 4.58. The van der Waals surface area contributed by atoms with Crippen LogP contribution in [0.25, 0.3) is 11.1 Å². The maximum Gasteiger partial charge on any atom is 0.341 e. The van der Waals surface area contributed by atoms with Crippen molar-refractivity contribution in [1.82, 2.24) is 0 Å². The molecule has 2 aromatic rings. The van der Waals surface area contributed by atoms with Gasteiger partial charge in [0.15, 0.2) is 11.6 Å². The smallest absolute Gasteiger partial charge is 0.341 e. The van der Waals surface area contributed by atoms with Crippen molar-refractivity contribution in [1.29, 1.82) is 0 Å². The standard InChI is InChI=1S/C33H45F3O3/c1-3-5-6-7-8-9-13-22-39-27-18-16-25(17-19-27)29-21-20-28(30(34)31(29)35)24(4-2)23-33(36,32(37)38)26-14-11-10-12-15-26/h16-21,24,26H,3-15,22-23H2,1-2H3,(H,37,38)/t24?,33-/m0/s1. The van der Waals surface area contributed by atoms with Crippen molar-refractivity contribution in [2.45, 2.75) is 115 Å². The number of rotatable bonds is 16. The predicted molar refractivity (Wildman–Crippen MR) is 151 cm³/mol. The van der Waals surface area contributed by atoms with Crippen LogP contribution in [0, 0.1) is 17.6 Å². The number of unbranched alkanes of at least 4 members (excludes halogenated alkanes) is 6. The Morgan fingerprint density at radius 2 is 1.56 bits per heavy atom. The lowest BCUT2D eigenvalue weighted by molar-refractivity contribution is -0.157. The van der Waals surface area contributed by atoms with Gasteiger partial charge in [-0.3, -0.25) is 0 Å². The van der Waals surface area contributed by atoms with Gasteiger partial charge in [-0.1, -0.05) is 95.9 Å². The zero-order chi connectivity index (χ0) is 28.3. The molecule has 3 nitrogen and oxygen atoms in total. The molecule has 0 aliphatic heterocycles. The van der Waals surface area contributed by atoms with E-state index in [1.165, 1.54) is 44.2 Å². The lowest BCUT2D eigenvalue weighted by Crippen LogP contribution is -2.44. The quantitative estimate of drug-likeness (QED) is 0.213. The zero-order valence-corrected chi connectivity index (χ0v) is 23.6. The minimum absolute atomic E-state index is 0.0347. The van der Waals surface area contributed by atoms with Gasteiger partial charge < -0.3 is 9.84 Å². The third-order valence-electron chi connectivity index (χ3n) is 8.38. The number of alkyl halides is 1. The van der Waals surface area contributed by atoms with Crippen LogP contribution in [0.2, 0.25) is 0 Å². The van der Waals surface area contributed by atoms with Crippen molar-refractivity contribution in [3.63, 3.8) is 0 Å². The molecule has 1 saturated carbocycles. The van der Waals surface area contributed by atoms with Gasteiger partial charge in [0.2, 0.25) is 5.67 Å². The number of halogens is 3. The molecule has 1 fully saturated rings. The van der Waals surface area contributed by atoms with Crippen LogP contribution in [-0.2, 0) is 4.79 Å². The molecule has 0 bridgehead atoms. The summed E-state index contributed by atoms with van der Waals surface area (Å²) >= 11 is 0. The van der Waals surface area contributed by atoms with Gasteiger partial charge in [0, 0.05) is 11.5 Å². The fourth-order valence-corrected chi connectivity index (χ4v) is 5.90. The van der Waals surface area contributed by atoms with Gasteiger partial charge in [-0.2, -0.15) is 0 Å². The highest BCUT2D eigenvalue weighted by molar-refractivity contribution is 5.78. The molecule has 1 unspecified atom stereocenters. The van der Waals surface area contributed by atoms with Crippen LogP contribution < -0.4 is 4.74 Å².